The minimum atomic E-state index is -0.748. The van der Waals surface area contributed by atoms with Gasteiger partial charge in [0.05, 0.1) is 12.7 Å². The van der Waals surface area contributed by atoms with E-state index in [1.54, 1.807) is 12.4 Å². The lowest BCUT2D eigenvalue weighted by molar-refractivity contribution is -0.0459. The number of ether oxygens (including phenoxy) is 1. The highest BCUT2D eigenvalue weighted by Crippen LogP contribution is 2.27. The molecule has 0 bridgehead atoms. The van der Waals surface area contributed by atoms with Crippen LogP contribution in [0, 0.1) is 0 Å². The minimum Gasteiger partial charge on any atom is -0.394 e. The van der Waals surface area contributed by atoms with Crippen molar-refractivity contribution in [2.24, 2.45) is 0 Å². The van der Waals surface area contributed by atoms with Crippen molar-refractivity contribution in [3.05, 3.63) is 28.4 Å². The molecule has 2 N–H and O–H groups in total. The summed E-state index contributed by atoms with van der Waals surface area (Å²) in [4.78, 5) is 15.5. The van der Waals surface area contributed by atoms with E-state index in [0.717, 1.165) is 18.4 Å². The van der Waals surface area contributed by atoms with E-state index in [1.165, 1.54) is 4.57 Å². The molecule has 1 aromatic heterocycles. The molecule has 1 saturated heterocycles. The van der Waals surface area contributed by atoms with E-state index in [2.05, 4.69) is 4.98 Å². The van der Waals surface area contributed by atoms with E-state index >= 15 is 0 Å². The van der Waals surface area contributed by atoms with Crippen molar-refractivity contribution in [1.29, 1.82) is 0 Å². The topological polar surface area (TPSA) is 84.6 Å². The molecule has 1 fully saturated rings. The van der Waals surface area contributed by atoms with Gasteiger partial charge in [-0.3, -0.25) is 4.57 Å². The van der Waals surface area contributed by atoms with Crippen LogP contribution in [0.3, 0.4) is 0 Å². The zero-order valence-corrected chi connectivity index (χ0v) is 10.3. The standard InChI is InChI=1S/C12H18N2O4/c1-2-3-8-5-13-12(17)14(6-8)11-4-9(16)10(7-15)18-11/h5-6,9-11,15-16H,2-4,7H2,1H3/t9-,10+,11+/m0/s1. The molecule has 0 unspecified atom stereocenters. The van der Waals surface area contributed by atoms with Crippen LogP contribution in [0.4, 0.5) is 0 Å². The third-order valence-corrected chi connectivity index (χ3v) is 3.10. The molecular weight excluding hydrogens is 236 g/mol. The van der Waals surface area contributed by atoms with E-state index < -0.39 is 24.1 Å². The summed E-state index contributed by atoms with van der Waals surface area (Å²) in [5.74, 6) is 0. The van der Waals surface area contributed by atoms with Gasteiger partial charge in [-0.05, 0) is 12.0 Å². The SMILES string of the molecule is CCCc1cnc(=O)n([C@H]2C[C@H](O)[C@@H](CO)O2)c1. The minimum absolute atomic E-state index is 0.255. The average Bonchev–Trinajstić information content (AvgIpc) is 2.73. The van der Waals surface area contributed by atoms with Gasteiger partial charge >= 0.3 is 5.69 Å². The number of aryl methyl sites for hydroxylation is 1. The van der Waals surface area contributed by atoms with Crippen LogP contribution in [0.25, 0.3) is 0 Å². The largest absolute Gasteiger partial charge is 0.394 e. The van der Waals surface area contributed by atoms with Crippen molar-refractivity contribution in [2.75, 3.05) is 6.61 Å². The monoisotopic (exact) mass is 254 g/mol. The summed E-state index contributed by atoms with van der Waals surface area (Å²) in [6.07, 6.45) is 3.46. The molecule has 0 radical (unpaired) electrons. The summed E-state index contributed by atoms with van der Waals surface area (Å²) in [6.45, 7) is 1.79. The maximum atomic E-state index is 11.7. The lowest BCUT2D eigenvalue weighted by atomic mass is 10.2. The van der Waals surface area contributed by atoms with Crippen LogP contribution in [0.2, 0.25) is 0 Å². The first kappa shape index (κ1) is 13.2. The zero-order chi connectivity index (χ0) is 13.1. The number of aliphatic hydroxyl groups is 2. The van der Waals surface area contributed by atoms with Crippen molar-refractivity contribution < 1.29 is 14.9 Å². The van der Waals surface area contributed by atoms with Gasteiger partial charge in [-0.2, -0.15) is 0 Å². The third-order valence-electron chi connectivity index (χ3n) is 3.10. The van der Waals surface area contributed by atoms with Crippen LogP contribution >= 0.6 is 0 Å². The fourth-order valence-electron chi connectivity index (χ4n) is 2.15. The smallest absolute Gasteiger partial charge is 0.349 e. The van der Waals surface area contributed by atoms with E-state index in [1.807, 2.05) is 6.92 Å². The molecule has 0 aromatic carbocycles. The number of aromatic nitrogens is 2. The second-order valence-electron chi connectivity index (χ2n) is 4.52. The van der Waals surface area contributed by atoms with Gasteiger partial charge in [0.2, 0.25) is 0 Å². The summed E-state index contributed by atoms with van der Waals surface area (Å²) in [7, 11) is 0. The van der Waals surface area contributed by atoms with Gasteiger partial charge in [0, 0.05) is 18.8 Å². The highest BCUT2D eigenvalue weighted by molar-refractivity contribution is 5.04. The molecule has 0 aliphatic carbocycles. The van der Waals surface area contributed by atoms with Gasteiger partial charge < -0.3 is 14.9 Å². The molecule has 1 aliphatic heterocycles. The molecule has 6 nitrogen and oxygen atoms in total. The molecule has 0 saturated carbocycles. The van der Waals surface area contributed by atoms with E-state index in [9.17, 15) is 9.90 Å². The van der Waals surface area contributed by atoms with Gasteiger partial charge in [0.1, 0.15) is 12.3 Å². The van der Waals surface area contributed by atoms with Crippen molar-refractivity contribution >= 4 is 0 Å². The summed E-state index contributed by atoms with van der Waals surface area (Å²) in [6, 6.07) is 0. The first-order chi connectivity index (χ1) is 8.65. The summed E-state index contributed by atoms with van der Waals surface area (Å²) < 4.78 is 6.84. The highest BCUT2D eigenvalue weighted by atomic mass is 16.5. The fourth-order valence-corrected chi connectivity index (χ4v) is 2.15. The highest BCUT2D eigenvalue weighted by Gasteiger charge is 2.34. The molecular formula is C12H18N2O4. The normalized spacial score (nSPS) is 27.6. The molecule has 6 heteroatoms. The van der Waals surface area contributed by atoms with Crippen LogP contribution in [0.5, 0.6) is 0 Å². The second-order valence-corrected chi connectivity index (χ2v) is 4.52. The molecule has 18 heavy (non-hydrogen) atoms. The summed E-state index contributed by atoms with van der Waals surface area (Å²) in [5, 5.41) is 18.7. The third kappa shape index (κ3) is 2.60. The molecule has 0 spiro atoms. The van der Waals surface area contributed by atoms with Gasteiger partial charge in [-0.15, -0.1) is 0 Å². The van der Waals surface area contributed by atoms with Gasteiger partial charge in [0.15, 0.2) is 0 Å². The average molecular weight is 254 g/mol. The quantitative estimate of drug-likeness (QED) is 0.779. The summed E-state index contributed by atoms with van der Waals surface area (Å²) in [5.41, 5.74) is 0.563. The van der Waals surface area contributed by atoms with Crippen molar-refractivity contribution in [1.82, 2.24) is 9.55 Å². The van der Waals surface area contributed by atoms with Crippen LogP contribution in [-0.2, 0) is 11.2 Å². The Morgan fingerprint density at radius 1 is 1.61 bits per heavy atom. The van der Waals surface area contributed by atoms with Gasteiger partial charge in [0.25, 0.3) is 0 Å². The van der Waals surface area contributed by atoms with Crippen LogP contribution in [0.1, 0.15) is 31.6 Å². The summed E-state index contributed by atoms with van der Waals surface area (Å²) >= 11 is 0. The maximum absolute atomic E-state index is 11.7. The molecule has 0 amide bonds. The Kier molecular flexibility index (Phi) is 4.11. The number of aliphatic hydroxyl groups excluding tert-OH is 2. The van der Waals surface area contributed by atoms with Crippen LogP contribution in [-0.4, -0.2) is 38.6 Å². The van der Waals surface area contributed by atoms with Crippen molar-refractivity contribution in [3.63, 3.8) is 0 Å². The van der Waals surface area contributed by atoms with Crippen molar-refractivity contribution in [2.45, 2.75) is 44.6 Å². The molecule has 2 heterocycles. The Labute approximate surface area is 105 Å². The zero-order valence-electron chi connectivity index (χ0n) is 10.3. The maximum Gasteiger partial charge on any atom is 0.349 e. The number of nitrogens with zero attached hydrogens (tertiary/aromatic N) is 2. The molecule has 3 atom stereocenters. The van der Waals surface area contributed by atoms with E-state index in [0.29, 0.717) is 6.42 Å². The molecule has 100 valence electrons. The Balaban J connectivity index is 2.23. The number of hydrogen-bond donors (Lipinski definition) is 2. The first-order valence-corrected chi connectivity index (χ1v) is 6.17. The Bertz CT molecular complexity index is 460. The predicted molar refractivity (Wildman–Crippen MR) is 64.1 cm³/mol. The van der Waals surface area contributed by atoms with E-state index in [-0.39, 0.29) is 6.61 Å². The predicted octanol–water partition coefficient (Wildman–Crippen LogP) is -0.164. The van der Waals surface area contributed by atoms with Crippen LogP contribution < -0.4 is 5.69 Å². The lowest BCUT2D eigenvalue weighted by Gasteiger charge is -2.15. The van der Waals surface area contributed by atoms with Crippen LogP contribution in [0.15, 0.2) is 17.2 Å². The van der Waals surface area contributed by atoms with Gasteiger partial charge in [-0.25, -0.2) is 9.78 Å². The Hall–Kier alpha value is -1.24. The Morgan fingerprint density at radius 3 is 3.00 bits per heavy atom. The number of rotatable bonds is 4. The lowest BCUT2D eigenvalue weighted by Crippen LogP contribution is -2.27. The van der Waals surface area contributed by atoms with E-state index in [4.69, 9.17) is 9.84 Å². The molecule has 1 aliphatic rings. The number of hydrogen-bond acceptors (Lipinski definition) is 5. The molecule has 2 rings (SSSR count). The second kappa shape index (κ2) is 5.60. The molecule has 1 aromatic rings. The Morgan fingerprint density at radius 2 is 2.39 bits per heavy atom. The van der Waals surface area contributed by atoms with Gasteiger partial charge in [-0.1, -0.05) is 13.3 Å². The fraction of sp³-hybridized carbons (Fsp3) is 0.667. The van der Waals surface area contributed by atoms with Crippen molar-refractivity contribution in [3.8, 4) is 0 Å². The first-order valence-electron chi connectivity index (χ1n) is 6.17.